The number of hydrogen-bond donors (Lipinski definition) is 1. The van der Waals surface area contributed by atoms with E-state index < -0.39 is 18.5 Å². The molecule has 1 aliphatic heterocycles. The van der Waals surface area contributed by atoms with Crippen molar-refractivity contribution < 1.29 is 28.9 Å². The summed E-state index contributed by atoms with van der Waals surface area (Å²) in [4.78, 5) is 25.6. The lowest BCUT2D eigenvalue weighted by atomic mass is 9.98. The van der Waals surface area contributed by atoms with E-state index in [1.54, 1.807) is 13.2 Å². The maximum absolute atomic E-state index is 13.1. The van der Waals surface area contributed by atoms with Crippen LogP contribution in [0.15, 0.2) is 77.9 Å². The molecule has 1 unspecified atom stereocenters. The van der Waals surface area contributed by atoms with Crippen LogP contribution in [-0.2, 0) is 9.53 Å². The lowest BCUT2D eigenvalue weighted by Gasteiger charge is -2.22. The van der Waals surface area contributed by atoms with Crippen molar-refractivity contribution in [2.24, 2.45) is 5.10 Å². The van der Waals surface area contributed by atoms with Gasteiger partial charge in [0.15, 0.2) is 18.1 Å². The standard InChI is InChI=1S/C26H24N2O6/c1-32-19-13-11-18(12-14-19)22-15-21(17-7-4-3-5-8-17)27-28(22)24(29)16-34-26(31)20-9-6-10-23(33-2)25(20)30/h3-14,22,30H,15-16H2,1-2H3. The molecule has 1 atom stereocenters. The molecule has 0 saturated heterocycles. The third-order valence-corrected chi connectivity index (χ3v) is 5.54. The van der Waals surface area contributed by atoms with Crippen LogP contribution >= 0.6 is 0 Å². The van der Waals surface area contributed by atoms with E-state index in [1.165, 1.54) is 24.3 Å². The second-order valence-electron chi connectivity index (χ2n) is 7.58. The lowest BCUT2D eigenvalue weighted by Crippen LogP contribution is -2.31. The van der Waals surface area contributed by atoms with E-state index in [2.05, 4.69) is 5.10 Å². The Morgan fingerprint density at radius 1 is 0.971 bits per heavy atom. The Balaban J connectivity index is 1.54. The van der Waals surface area contributed by atoms with Gasteiger partial charge in [-0.1, -0.05) is 48.5 Å². The molecule has 1 aliphatic rings. The van der Waals surface area contributed by atoms with Crippen molar-refractivity contribution in [2.75, 3.05) is 20.8 Å². The Morgan fingerprint density at radius 3 is 2.38 bits per heavy atom. The third kappa shape index (κ3) is 4.71. The second kappa shape index (κ2) is 10.1. The average Bonchev–Trinajstić information content (AvgIpc) is 3.33. The summed E-state index contributed by atoms with van der Waals surface area (Å²) >= 11 is 0. The predicted octanol–water partition coefficient (Wildman–Crippen LogP) is 3.94. The number of nitrogens with zero attached hydrogens (tertiary/aromatic N) is 2. The molecule has 3 aromatic carbocycles. The molecule has 0 radical (unpaired) electrons. The highest BCUT2D eigenvalue weighted by Crippen LogP contribution is 2.34. The van der Waals surface area contributed by atoms with Crippen molar-refractivity contribution in [1.29, 1.82) is 0 Å². The fourth-order valence-electron chi connectivity index (χ4n) is 3.75. The molecular weight excluding hydrogens is 436 g/mol. The van der Waals surface area contributed by atoms with Crippen LogP contribution in [0.1, 0.15) is 33.9 Å². The van der Waals surface area contributed by atoms with Gasteiger partial charge in [0.2, 0.25) is 0 Å². The first-order chi connectivity index (χ1) is 16.5. The molecule has 0 aromatic heterocycles. The number of phenolic OH excluding ortho intramolecular Hbond substituents is 1. The molecule has 1 heterocycles. The number of esters is 1. The van der Waals surface area contributed by atoms with E-state index in [9.17, 15) is 14.7 Å². The fraction of sp³-hybridized carbons (Fsp3) is 0.192. The van der Waals surface area contributed by atoms with Crippen LogP contribution in [0.3, 0.4) is 0 Å². The topological polar surface area (TPSA) is 97.7 Å². The molecule has 8 heteroatoms. The number of amides is 1. The molecule has 1 amide bonds. The molecule has 0 spiro atoms. The van der Waals surface area contributed by atoms with Gasteiger partial charge in [-0.25, -0.2) is 9.80 Å². The van der Waals surface area contributed by atoms with Crippen LogP contribution in [0.2, 0.25) is 0 Å². The average molecular weight is 460 g/mol. The normalized spacial score (nSPS) is 14.9. The van der Waals surface area contributed by atoms with Crippen LogP contribution in [0.25, 0.3) is 0 Å². The minimum atomic E-state index is -0.836. The summed E-state index contributed by atoms with van der Waals surface area (Å²) in [5.74, 6) is -0.823. The molecule has 0 saturated carbocycles. The molecule has 0 aliphatic carbocycles. The summed E-state index contributed by atoms with van der Waals surface area (Å²) in [7, 11) is 2.97. The van der Waals surface area contributed by atoms with Crippen molar-refractivity contribution >= 4 is 17.6 Å². The largest absolute Gasteiger partial charge is 0.504 e. The number of carbonyl (C=O) groups excluding carboxylic acids is 2. The highest BCUT2D eigenvalue weighted by molar-refractivity contribution is 6.03. The summed E-state index contributed by atoms with van der Waals surface area (Å²) in [6, 6.07) is 21.1. The number of para-hydroxylation sites is 1. The van der Waals surface area contributed by atoms with E-state index >= 15 is 0 Å². The Morgan fingerprint density at radius 2 is 1.71 bits per heavy atom. The summed E-state index contributed by atoms with van der Waals surface area (Å²) in [5.41, 5.74) is 2.45. The van der Waals surface area contributed by atoms with Gasteiger partial charge in [-0.15, -0.1) is 0 Å². The van der Waals surface area contributed by atoms with E-state index in [4.69, 9.17) is 14.2 Å². The van der Waals surface area contributed by atoms with Crippen LogP contribution in [0.5, 0.6) is 17.2 Å². The van der Waals surface area contributed by atoms with E-state index in [0.29, 0.717) is 12.2 Å². The zero-order valence-corrected chi connectivity index (χ0v) is 18.8. The van der Waals surface area contributed by atoms with Gasteiger partial charge >= 0.3 is 5.97 Å². The van der Waals surface area contributed by atoms with Crippen molar-refractivity contribution in [3.8, 4) is 17.2 Å². The molecule has 4 rings (SSSR count). The summed E-state index contributed by atoms with van der Waals surface area (Å²) in [5, 5.41) is 16.1. The maximum Gasteiger partial charge on any atom is 0.342 e. The predicted molar refractivity (Wildman–Crippen MR) is 125 cm³/mol. The molecule has 3 aromatic rings. The molecule has 1 N–H and O–H groups in total. The number of aromatic hydroxyl groups is 1. The van der Waals surface area contributed by atoms with Crippen LogP contribution < -0.4 is 9.47 Å². The van der Waals surface area contributed by atoms with Crippen LogP contribution in [0, 0.1) is 0 Å². The second-order valence-corrected chi connectivity index (χ2v) is 7.58. The monoisotopic (exact) mass is 460 g/mol. The highest BCUT2D eigenvalue weighted by Gasteiger charge is 2.33. The quantitative estimate of drug-likeness (QED) is 0.537. The van der Waals surface area contributed by atoms with Gasteiger partial charge in [0.05, 0.1) is 26.0 Å². The van der Waals surface area contributed by atoms with Crippen molar-refractivity contribution in [1.82, 2.24) is 5.01 Å². The number of carbonyl (C=O) groups is 2. The van der Waals surface area contributed by atoms with Crippen LogP contribution in [0.4, 0.5) is 0 Å². The number of ether oxygens (including phenoxy) is 3. The van der Waals surface area contributed by atoms with Gasteiger partial charge in [-0.3, -0.25) is 4.79 Å². The van der Waals surface area contributed by atoms with Crippen LogP contribution in [-0.4, -0.2) is 48.5 Å². The maximum atomic E-state index is 13.1. The smallest absolute Gasteiger partial charge is 0.342 e. The fourth-order valence-corrected chi connectivity index (χ4v) is 3.75. The van der Waals surface area contributed by atoms with Crippen molar-refractivity contribution in [3.63, 3.8) is 0 Å². The van der Waals surface area contributed by atoms with Gasteiger partial charge in [0.1, 0.15) is 11.3 Å². The van der Waals surface area contributed by atoms with Crippen molar-refractivity contribution in [2.45, 2.75) is 12.5 Å². The van der Waals surface area contributed by atoms with Gasteiger partial charge in [0, 0.05) is 6.42 Å². The zero-order chi connectivity index (χ0) is 24.1. The minimum absolute atomic E-state index is 0.0891. The molecule has 34 heavy (non-hydrogen) atoms. The van der Waals surface area contributed by atoms with Crippen molar-refractivity contribution in [3.05, 3.63) is 89.5 Å². The Labute approximate surface area is 197 Å². The molecular formula is C26H24N2O6. The van der Waals surface area contributed by atoms with E-state index in [-0.39, 0.29) is 23.1 Å². The number of rotatable bonds is 7. The number of hydrazone groups is 1. The number of phenols is 1. The lowest BCUT2D eigenvalue weighted by molar-refractivity contribution is -0.136. The minimum Gasteiger partial charge on any atom is -0.504 e. The summed E-state index contributed by atoms with van der Waals surface area (Å²) < 4.78 is 15.5. The Bertz CT molecular complexity index is 1210. The molecule has 8 nitrogen and oxygen atoms in total. The first-order valence-electron chi connectivity index (χ1n) is 10.6. The van der Waals surface area contributed by atoms with E-state index in [0.717, 1.165) is 16.8 Å². The number of benzene rings is 3. The summed E-state index contributed by atoms with van der Waals surface area (Å²) in [6.07, 6.45) is 0.507. The SMILES string of the molecule is COc1ccc(C2CC(c3ccccc3)=NN2C(=O)COC(=O)c2cccc(OC)c2O)cc1. The third-order valence-electron chi connectivity index (χ3n) is 5.54. The zero-order valence-electron chi connectivity index (χ0n) is 18.8. The first kappa shape index (κ1) is 22.8. The first-order valence-corrected chi connectivity index (χ1v) is 10.6. The van der Waals surface area contributed by atoms with E-state index in [1.807, 2.05) is 54.6 Å². The van der Waals surface area contributed by atoms with Gasteiger partial charge < -0.3 is 19.3 Å². The number of methoxy groups -OCH3 is 2. The van der Waals surface area contributed by atoms with Gasteiger partial charge in [-0.2, -0.15) is 5.10 Å². The van der Waals surface area contributed by atoms with Gasteiger partial charge in [0.25, 0.3) is 5.91 Å². The molecule has 0 fully saturated rings. The molecule has 174 valence electrons. The highest BCUT2D eigenvalue weighted by atomic mass is 16.5. The Hall–Kier alpha value is -4.33. The number of hydrogen-bond acceptors (Lipinski definition) is 7. The van der Waals surface area contributed by atoms with Gasteiger partial charge in [-0.05, 0) is 35.4 Å². The summed E-state index contributed by atoms with van der Waals surface area (Å²) in [6.45, 7) is -0.534. The Kier molecular flexibility index (Phi) is 6.77. The molecule has 0 bridgehead atoms.